The topological polar surface area (TPSA) is 75.9 Å². The van der Waals surface area contributed by atoms with Crippen molar-refractivity contribution >= 4 is 27.2 Å². The number of hydrogen-bond donors (Lipinski definition) is 1. The first kappa shape index (κ1) is 15.1. The summed E-state index contributed by atoms with van der Waals surface area (Å²) in [6.07, 6.45) is 0.864. The third-order valence-electron chi connectivity index (χ3n) is 3.90. The second-order valence-corrected chi connectivity index (χ2v) is 7.76. The molecule has 0 bridgehead atoms. The molecule has 2 N–H and O–H groups in total. The molecule has 0 aromatic carbocycles. The third-order valence-corrected chi connectivity index (χ3v) is 6.60. The second kappa shape index (κ2) is 6.01. The summed E-state index contributed by atoms with van der Waals surface area (Å²) < 4.78 is 31.5. The molecule has 2 unspecified atom stereocenters. The van der Waals surface area contributed by atoms with E-state index in [2.05, 4.69) is 4.90 Å². The molecule has 0 amide bonds. The summed E-state index contributed by atoms with van der Waals surface area (Å²) in [6, 6.07) is 0.289. The molecule has 2 fully saturated rings. The van der Waals surface area contributed by atoms with E-state index in [1.54, 1.807) is 6.92 Å². The molecule has 0 saturated carbocycles. The Kier molecular flexibility index (Phi) is 4.78. The maximum Gasteiger partial charge on any atom is 0.223 e. The lowest BCUT2D eigenvalue weighted by atomic mass is 10.2. The van der Waals surface area contributed by atoms with Crippen LogP contribution in [0.25, 0.3) is 0 Å². The number of nitrogens with zero attached hydrogens (tertiary/aromatic N) is 2. The van der Waals surface area contributed by atoms with Crippen molar-refractivity contribution in [2.45, 2.75) is 24.6 Å². The van der Waals surface area contributed by atoms with Crippen molar-refractivity contribution in [1.29, 1.82) is 0 Å². The van der Waals surface area contributed by atoms with E-state index in [0.717, 1.165) is 32.7 Å². The van der Waals surface area contributed by atoms with Crippen molar-refractivity contribution in [2.75, 3.05) is 39.4 Å². The van der Waals surface area contributed by atoms with Crippen LogP contribution in [0.3, 0.4) is 0 Å². The number of ether oxygens (including phenoxy) is 1. The summed E-state index contributed by atoms with van der Waals surface area (Å²) >= 11 is 4.80. The highest BCUT2D eigenvalue weighted by Gasteiger charge is 2.38. The molecule has 0 aromatic rings. The average molecular weight is 307 g/mol. The smallest absolute Gasteiger partial charge is 0.223 e. The van der Waals surface area contributed by atoms with E-state index >= 15 is 0 Å². The number of thiocarbonyl (C=S) groups is 1. The number of hydrogen-bond acceptors (Lipinski definition) is 5. The molecule has 2 saturated heterocycles. The number of morpholine rings is 1. The predicted molar refractivity (Wildman–Crippen MR) is 77.5 cm³/mol. The Morgan fingerprint density at radius 1 is 1.37 bits per heavy atom. The monoisotopic (exact) mass is 307 g/mol. The summed E-state index contributed by atoms with van der Waals surface area (Å²) in [5.74, 6) is 0. The van der Waals surface area contributed by atoms with Crippen LogP contribution in [-0.4, -0.2) is 73.3 Å². The van der Waals surface area contributed by atoms with Gasteiger partial charge < -0.3 is 10.5 Å². The van der Waals surface area contributed by atoms with Gasteiger partial charge in [-0.2, -0.15) is 4.31 Å². The average Bonchev–Trinajstić information content (AvgIpc) is 2.89. The van der Waals surface area contributed by atoms with Crippen LogP contribution < -0.4 is 5.73 Å². The van der Waals surface area contributed by atoms with Gasteiger partial charge in [-0.05, 0) is 13.3 Å². The molecule has 0 aliphatic carbocycles. The molecule has 6 nitrogen and oxygen atoms in total. The Labute approximate surface area is 119 Å². The molecule has 2 rings (SSSR count). The quantitative estimate of drug-likeness (QED) is 0.699. The fourth-order valence-corrected chi connectivity index (χ4v) is 4.40. The van der Waals surface area contributed by atoms with Crippen molar-refractivity contribution in [3.8, 4) is 0 Å². The lowest BCUT2D eigenvalue weighted by Crippen LogP contribution is -2.47. The van der Waals surface area contributed by atoms with Gasteiger partial charge in [0.05, 0.1) is 18.2 Å². The number of rotatable bonds is 4. The standard InChI is InChI=1S/C11H21N3O3S2/c1-9(11(12)18)19(15,16)14-3-2-10(8-14)13-4-6-17-7-5-13/h9-10H,2-8H2,1H3,(H2,12,18). The molecule has 19 heavy (non-hydrogen) atoms. The minimum atomic E-state index is -3.40. The van der Waals surface area contributed by atoms with E-state index in [4.69, 9.17) is 22.7 Å². The minimum Gasteiger partial charge on any atom is -0.392 e. The van der Waals surface area contributed by atoms with Crippen LogP contribution in [0.5, 0.6) is 0 Å². The second-order valence-electron chi connectivity index (χ2n) is 5.04. The largest absolute Gasteiger partial charge is 0.392 e. The number of nitrogens with two attached hydrogens (primary N) is 1. The Hall–Kier alpha value is -0.280. The van der Waals surface area contributed by atoms with Crippen molar-refractivity contribution in [2.24, 2.45) is 5.73 Å². The molecule has 8 heteroatoms. The summed E-state index contributed by atoms with van der Waals surface area (Å²) in [7, 11) is -3.40. The molecule has 2 heterocycles. The number of sulfonamides is 1. The van der Waals surface area contributed by atoms with Crippen molar-refractivity contribution in [3.63, 3.8) is 0 Å². The molecule has 2 aliphatic heterocycles. The predicted octanol–water partition coefficient (Wildman–Crippen LogP) is -0.603. The fraction of sp³-hybridized carbons (Fsp3) is 0.909. The maximum atomic E-state index is 12.3. The minimum absolute atomic E-state index is 0.0369. The molecule has 0 radical (unpaired) electrons. The van der Waals surface area contributed by atoms with E-state index in [9.17, 15) is 8.42 Å². The molecule has 0 spiro atoms. The lowest BCUT2D eigenvalue weighted by molar-refractivity contribution is 0.0197. The SMILES string of the molecule is CC(C(N)=S)S(=O)(=O)N1CCC(N2CCOCC2)C1. The van der Waals surface area contributed by atoms with E-state index in [1.165, 1.54) is 4.31 Å². The van der Waals surface area contributed by atoms with Crippen molar-refractivity contribution in [1.82, 2.24) is 9.21 Å². The van der Waals surface area contributed by atoms with Crippen molar-refractivity contribution < 1.29 is 13.2 Å². The van der Waals surface area contributed by atoms with Crippen LogP contribution in [0, 0.1) is 0 Å². The Balaban J connectivity index is 1.99. The summed E-state index contributed by atoms with van der Waals surface area (Å²) in [4.78, 5) is 2.35. The van der Waals surface area contributed by atoms with Gasteiger partial charge in [0.15, 0.2) is 0 Å². The molecule has 2 aliphatic rings. The molecular weight excluding hydrogens is 286 g/mol. The highest BCUT2D eigenvalue weighted by atomic mass is 32.2. The van der Waals surface area contributed by atoms with Crippen LogP contribution >= 0.6 is 12.2 Å². The summed E-state index contributed by atoms with van der Waals surface area (Å²) in [5.41, 5.74) is 5.47. The Bertz CT molecular complexity index is 434. The van der Waals surface area contributed by atoms with E-state index in [0.29, 0.717) is 13.1 Å². The molecule has 0 aromatic heterocycles. The third kappa shape index (κ3) is 3.25. The van der Waals surface area contributed by atoms with E-state index < -0.39 is 15.3 Å². The van der Waals surface area contributed by atoms with Gasteiger partial charge in [0.1, 0.15) is 5.25 Å². The molecular formula is C11H21N3O3S2. The zero-order valence-electron chi connectivity index (χ0n) is 11.1. The highest BCUT2D eigenvalue weighted by Crippen LogP contribution is 2.22. The van der Waals surface area contributed by atoms with Crippen LogP contribution in [0.1, 0.15) is 13.3 Å². The van der Waals surface area contributed by atoms with Crippen LogP contribution in [0.4, 0.5) is 0 Å². The van der Waals surface area contributed by atoms with Gasteiger partial charge in [0, 0.05) is 32.2 Å². The Morgan fingerprint density at radius 2 is 2.00 bits per heavy atom. The van der Waals surface area contributed by atoms with E-state index in [-0.39, 0.29) is 11.0 Å². The zero-order chi connectivity index (χ0) is 14.0. The Morgan fingerprint density at radius 3 is 2.58 bits per heavy atom. The van der Waals surface area contributed by atoms with Gasteiger partial charge in [-0.15, -0.1) is 0 Å². The molecule has 110 valence electrons. The normalized spacial score (nSPS) is 28.4. The van der Waals surface area contributed by atoms with Gasteiger partial charge >= 0.3 is 0 Å². The zero-order valence-corrected chi connectivity index (χ0v) is 12.8. The lowest BCUT2D eigenvalue weighted by Gasteiger charge is -2.32. The first-order valence-electron chi connectivity index (χ1n) is 6.53. The van der Waals surface area contributed by atoms with Gasteiger partial charge in [-0.1, -0.05) is 12.2 Å². The first-order chi connectivity index (χ1) is 8.93. The van der Waals surface area contributed by atoms with E-state index in [1.807, 2.05) is 0 Å². The van der Waals surface area contributed by atoms with Gasteiger partial charge in [0.2, 0.25) is 10.0 Å². The van der Waals surface area contributed by atoms with Crippen LogP contribution in [-0.2, 0) is 14.8 Å². The summed E-state index contributed by atoms with van der Waals surface area (Å²) in [5, 5.41) is -0.786. The van der Waals surface area contributed by atoms with Crippen molar-refractivity contribution in [3.05, 3.63) is 0 Å². The summed E-state index contributed by atoms with van der Waals surface area (Å²) in [6.45, 7) is 5.86. The van der Waals surface area contributed by atoms with Crippen LogP contribution in [0.2, 0.25) is 0 Å². The van der Waals surface area contributed by atoms with Gasteiger partial charge in [-0.3, -0.25) is 4.90 Å². The fourth-order valence-electron chi connectivity index (χ4n) is 2.55. The maximum absolute atomic E-state index is 12.3. The highest BCUT2D eigenvalue weighted by molar-refractivity contribution is 7.92. The van der Waals surface area contributed by atoms with Gasteiger partial charge in [-0.25, -0.2) is 8.42 Å². The van der Waals surface area contributed by atoms with Gasteiger partial charge in [0.25, 0.3) is 0 Å². The molecule has 2 atom stereocenters. The van der Waals surface area contributed by atoms with Crippen LogP contribution in [0.15, 0.2) is 0 Å². The first-order valence-corrected chi connectivity index (χ1v) is 8.44.